The molecular weight excluding hydrogens is 378 g/mol. The molecule has 7 heteroatoms. The van der Waals surface area contributed by atoms with Crippen LogP contribution in [-0.2, 0) is 10.8 Å². The number of rotatable bonds is 3. The van der Waals surface area contributed by atoms with Gasteiger partial charge in [0.1, 0.15) is 0 Å². The van der Waals surface area contributed by atoms with E-state index in [1.54, 1.807) is 6.07 Å². The fraction of sp³-hybridized carbons (Fsp3) is 0.409. The first-order valence-corrected chi connectivity index (χ1v) is 9.57. The summed E-state index contributed by atoms with van der Waals surface area (Å²) in [6, 6.07) is 9.88. The van der Waals surface area contributed by atoms with Crippen molar-refractivity contribution in [3.63, 3.8) is 0 Å². The molecule has 3 rings (SSSR count). The highest BCUT2D eigenvalue weighted by Crippen LogP contribution is 2.45. The van der Waals surface area contributed by atoms with Crippen LogP contribution in [0.25, 0.3) is 0 Å². The maximum Gasteiger partial charge on any atom is 0.416 e. The highest BCUT2D eigenvalue weighted by Gasteiger charge is 2.50. The fourth-order valence-electron chi connectivity index (χ4n) is 3.54. The molecule has 0 aromatic heterocycles. The number of hydrogen-bond donors (Lipinski definition) is 1. The molecule has 1 heterocycles. The van der Waals surface area contributed by atoms with Gasteiger partial charge in [-0.25, -0.2) is 0 Å². The molecule has 1 N–H and O–H groups in total. The molecule has 1 aliphatic heterocycles. The summed E-state index contributed by atoms with van der Waals surface area (Å²) in [5.41, 5.74) is 1.35. The van der Waals surface area contributed by atoms with Crippen molar-refractivity contribution in [3.05, 3.63) is 59.2 Å². The Labute approximate surface area is 169 Å². The van der Waals surface area contributed by atoms with Gasteiger partial charge >= 0.3 is 13.1 Å². The van der Waals surface area contributed by atoms with Gasteiger partial charge in [0.2, 0.25) is 0 Å². The Bertz CT molecular complexity index is 922. The van der Waals surface area contributed by atoms with E-state index in [2.05, 4.69) is 33.0 Å². The van der Waals surface area contributed by atoms with Gasteiger partial charge in [0, 0.05) is 11.3 Å². The number of nitrogens with one attached hydrogen (secondary N) is 1. The number of anilines is 1. The van der Waals surface area contributed by atoms with Gasteiger partial charge in [0.25, 0.3) is 5.91 Å². The molecule has 0 unspecified atom stereocenters. The number of benzene rings is 2. The van der Waals surface area contributed by atoms with Gasteiger partial charge in [-0.2, -0.15) is 13.2 Å². The minimum absolute atomic E-state index is 0.0125. The van der Waals surface area contributed by atoms with Gasteiger partial charge in [-0.3, -0.25) is 4.79 Å². The minimum atomic E-state index is -4.49. The molecule has 2 aromatic rings. The molecule has 0 bridgehead atoms. The zero-order chi connectivity index (χ0) is 21.6. The Balaban J connectivity index is 1.83. The van der Waals surface area contributed by atoms with Crippen molar-refractivity contribution in [1.82, 2.24) is 0 Å². The number of carbonyl (C=O) groups is 1. The third-order valence-electron chi connectivity index (χ3n) is 6.10. The number of aryl methyl sites for hydroxylation is 1. The van der Waals surface area contributed by atoms with Crippen molar-refractivity contribution in [1.29, 1.82) is 0 Å². The van der Waals surface area contributed by atoms with Crippen molar-refractivity contribution in [3.8, 4) is 0 Å². The Morgan fingerprint density at radius 2 is 1.79 bits per heavy atom. The van der Waals surface area contributed by atoms with Gasteiger partial charge < -0.3 is 9.97 Å². The molecule has 29 heavy (non-hydrogen) atoms. The van der Waals surface area contributed by atoms with Crippen LogP contribution >= 0.6 is 0 Å². The van der Waals surface area contributed by atoms with E-state index in [9.17, 15) is 18.0 Å². The number of carbonyl (C=O) groups excluding carboxylic acids is 1. The van der Waals surface area contributed by atoms with Crippen molar-refractivity contribution >= 4 is 24.0 Å². The molecule has 0 radical (unpaired) electrons. The van der Waals surface area contributed by atoms with Crippen LogP contribution in [0.1, 0.15) is 49.2 Å². The molecule has 1 amide bonds. The van der Waals surface area contributed by atoms with Crippen LogP contribution in [0.3, 0.4) is 0 Å². The van der Waals surface area contributed by atoms with Crippen LogP contribution in [0.15, 0.2) is 42.5 Å². The summed E-state index contributed by atoms with van der Waals surface area (Å²) >= 11 is 0. The molecule has 0 aliphatic carbocycles. The third kappa shape index (κ3) is 4.35. The van der Waals surface area contributed by atoms with Crippen LogP contribution in [-0.4, -0.2) is 18.4 Å². The first-order chi connectivity index (χ1) is 13.3. The first-order valence-electron chi connectivity index (χ1n) is 9.57. The average molecular weight is 403 g/mol. The summed E-state index contributed by atoms with van der Waals surface area (Å²) in [4.78, 5) is 12.5. The standard InChI is InChI=1S/C22H25BF3NO2/c1-14-9-10-17(12-18(14)23-13-20(2,3)21(4,5)29-23)27-19(28)15-7-6-8-16(11-15)22(24,25)26/h6-12H,13H2,1-5H3,(H,27,28). The molecule has 154 valence electrons. The predicted octanol–water partition coefficient (Wildman–Crippen LogP) is 5.30. The summed E-state index contributed by atoms with van der Waals surface area (Å²) in [7, 11) is 0. The quantitative estimate of drug-likeness (QED) is 0.707. The van der Waals surface area contributed by atoms with Crippen LogP contribution in [0.4, 0.5) is 18.9 Å². The molecule has 1 saturated heterocycles. The summed E-state index contributed by atoms with van der Waals surface area (Å²) in [5.74, 6) is -0.584. The first kappa shape index (κ1) is 21.4. The van der Waals surface area contributed by atoms with Crippen LogP contribution in [0, 0.1) is 12.3 Å². The van der Waals surface area contributed by atoms with E-state index in [1.165, 1.54) is 12.1 Å². The SMILES string of the molecule is Cc1ccc(NC(=O)c2cccc(C(F)(F)F)c2)cc1B1CC(C)(C)C(C)(C)O1. The normalized spacial score (nSPS) is 18.0. The maximum atomic E-state index is 12.9. The number of halogens is 3. The maximum absolute atomic E-state index is 12.9. The Kier molecular flexibility index (Phi) is 5.32. The topological polar surface area (TPSA) is 38.3 Å². The van der Waals surface area contributed by atoms with Crippen molar-refractivity contribution in [2.45, 2.75) is 52.7 Å². The van der Waals surface area contributed by atoms with Crippen molar-refractivity contribution < 1.29 is 22.6 Å². The summed E-state index contributed by atoms with van der Waals surface area (Å²) in [6.45, 7) is 10.4. The van der Waals surface area contributed by atoms with E-state index in [1.807, 2.05) is 19.1 Å². The van der Waals surface area contributed by atoms with Crippen molar-refractivity contribution in [2.24, 2.45) is 5.41 Å². The monoisotopic (exact) mass is 403 g/mol. The Hall–Kier alpha value is -2.28. The Morgan fingerprint density at radius 3 is 2.38 bits per heavy atom. The summed E-state index contributed by atoms with van der Waals surface area (Å²) < 4.78 is 45.0. The average Bonchev–Trinajstić information content (AvgIpc) is 2.83. The van der Waals surface area contributed by atoms with Crippen molar-refractivity contribution in [2.75, 3.05) is 5.32 Å². The lowest BCUT2D eigenvalue weighted by Crippen LogP contribution is -2.36. The van der Waals surface area contributed by atoms with Gasteiger partial charge in [-0.15, -0.1) is 0 Å². The smallest absolute Gasteiger partial charge is 0.416 e. The molecule has 1 fully saturated rings. The zero-order valence-electron chi connectivity index (χ0n) is 17.3. The molecule has 1 aliphatic rings. The van der Waals surface area contributed by atoms with Crippen LogP contribution in [0.2, 0.25) is 6.32 Å². The predicted molar refractivity (Wildman–Crippen MR) is 110 cm³/mol. The lowest BCUT2D eigenvalue weighted by Gasteiger charge is -2.34. The second-order valence-corrected chi connectivity index (χ2v) is 8.81. The van der Waals surface area contributed by atoms with E-state index in [4.69, 9.17) is 4.65 Å². The summed E-state index contributed by atoms with van der Waals surface area (Å²) in [5, 5.41) is 2.71. The molecule has 0 saturated carbocycles. The third-order valence-corrected chi connectivity index (χ3v) is 6.10. The second-order valence-electron chi connectivity index (χ2n) is 8.81. The highest BCUT2D eigenvalue weighted by atomic mass is 19.4. The van der Waals surface area contributed by atoms with Gasteiger partial charge in [-0.1, -0.05) is 31.5 Å². The molecule has 0 atom stereocenters. The van der Waals surface area contributed by atoms with Crippen LogP contribution < -0.4 is 10.8 Å². The summed E-state index contributed by atoms with van der Waals surface area (Å²) in [6.07, 6.45) is -3.65. The fourth-order valence-corrected chi connectivity index (χ4v) is 3.54. The second kappa shape index (κ2) is 7.20. The van der Waals surface area contributed by atoms with Crippen LogP contribution in [0.5, 0.6) is 0 Å². The lowest BCUT2D eigenvalue weighted by atomic mass is 9.53. The van der Waals surface area contributed by atoms with Gasteiger partial charge in [0.15, 0.2) is 0 Å². The Morgan fingerprint density at radius 1 is 1.10 bits per heavy atom. The van der Waals surface area contributed by atoms with E-state index in [0.29, 0.717) is 5.69 Å². The van der Waals surface area contributed by atoms with Gasteiger partial charge in [0.05, 0.1) is 11.2 Å². The van der Waals surface area contributed by atoms with E-state index in [-0.39, 0.29) is 23.5 Å². The highest BCUT2D eigenvalue weighted by molar-refractivity contribution is 6.68. The van der Waals surface area contributed by atoms with Gasteiger partial charge in [-0.05, 0) is 68.3 Å². The van der Waals surface area contributed by atoms with E-state index in [0.717, 1.165) is 29.5 Å². The number of hydrogen-bond acceptors (Lipinski definition) is 2. The number of alkyl halides is 3. The molecule has 2 aromatic carbocycles. The van der Waals surface area contributed by atoms with E-state index >= 15 is 0 Å². The molecule has 3 nitrogen and oxygen atoms in total. The molecule has 0 spiro atoms. The largest absolute Gasteiger partial charge is 0.426 e. The minimum Gasteiger partial charge on any atom is -0.426 e. The van der Waals surface area contributed by atoms with E-state index < -0.39 is 17.6 Å². The molecular formula is C22H25BF3NO2. The lowest BCUT2D eigenvalue weighted by molar-refractivity contribution is -0.137. The number of amides is 1. The zero-order valence-corrected chi connectivity index (χ0v) is 17.3.